The van der Waals surface area contributed by atoms with Gasteiger partial charge in [-0.2, -0.15) is 0 Å². The lowest BCUT2D eigenvalue weighted by Crippen LogP contribution is -1.86. The van der Waals surface area contributed by atoms with E-state index in [-0.39, 0.29) is 0 Å². The van der Waals surface area contributed by atoms with Gasteiger partial charge < -0.3 is 0 Å². The molecular formula is C17H11BrN2S2. The molecule has 5 heteroatoms. The summed E-state index contributed by atoms with van der Waals surface area (Å²) < 4.78 is 2.32. The monoisotopic (exact) mass is 386 g/mol. The molecule has 0 radical (unpaired) electrons. The zero-order valence-corrected chi connectivity index (χ0v) is 14.7. The Kier molecular flexibility index (Phi) is 3.78. The number of para-hydroxylation sites is 1. The first kappa shape index (κ1) is 14.1. The first-order chi connectivity index (χ1) is 10.8. The standard InChI is InChI=1S/C17H11BrN2S2/c18-12-7-5-11(6-8-12)14-10-21-16(20-14)9-17-19-13-3-1-2-4-15(13)22-17/h1-8,10H,9H2. The molecule has 0 saturated heterocycles. The minimum absolute atomic E-state index is 0.806. The van der Waals surface area contributed by atoms with Crippen LogP contribution in [0.1, 0.15) is 10.0 Å². The summed E-state index contributed by atoms with van der Waals surface area (Å²) in [6.07, 6.45) is 0.806. The Balaban J connectivity index is 1.60. The summed E-state index contributed by atoms with van der Waals surface area (Å²) in [7, 11) is 0. The lowest BCUT2D eigenvalue weighted by atomic mass is 10.2. The van der Waals surface area contributed by atoms with Crippen molar-refractivity contribution in [3.05, 3.63) is 68.4 Å². The van der Waals surface area contributed by atoms with Gasteiger partial charge in [0.25, 0.3) is 0 Å². The van der Waals surface area contributed by atoms with E-state index in [0.717, 1.165) is 37.7 Å². The highest BCUT2D eigenvalue weighted by Gasteiger charge is 2.09. The van der Waals surface area contributed by atoms with Gasteiger partial charge in [0.05, 0.1) is 22.3 Å². The van der Waals surface area contributed by atoms with Gasteiger partial charge in [-0.15, -0.1) is 22.7 Å². The van der Waals surface area contributed by atoms with Crippen LogP contribution in [0.2, 0.25) is 0 Å². The third-order valence-electron chi connectivity index (χ3n) is 3.33. The van der Waals surface area contributed by atoms with Crippen LogP contribution in [0.4, 0.5) is 0 Å². The summed E-state index contributed by atoms with van der Waals surface area (Å²) in [5, 5.41) is 4.35. The Morgan fingerprint density at radius 2 is 1.73 bits per heavy atom. The van der Waals surface area contributed by atoms with Crippen molar-refractivity contribution in [3.63, 3.8) is 0 Å². The maximum Gasteiger partial charge on any atom is 0.101 e. The fourth-order valence-corrected chi connectivity index (χ4v) is 4.41. The molecule has 108 valence electrons. The van der Waals surface area contributed by atoms with E-state index in [2.05, 4.69) is 56.6 Å². The minimum atomic E-state index is 0.806. The third kappa shape index (κ3) is 2.84. The van der Waals surface area contributed by atoms with Gasteiger partial charge in [-0.1, -0.05) is 40.2 Å². The van der Waals surface area contributed by atoms with Crippen molar-refractivity contribution < 1.29 is 0 Å². The zero-order chi connectivity index (χ0) is 14.9. The van der Waals surface area contributed by atoms with Gasteiger partial charge in [0.2, 0.25) is 0 Å². The molecule has 0 saturated carbocycles. The summed E-state index contributed by atoms with van der Waals surface area (Å²) >= 11 is 6.91. The molecule has 4 aromatic rings. The highest BCUT2D eigenvalue weighted by Crippen LogP contribution is 2.27. The molecule has 2 heterocycles. The van der Waals surface area contributed by atoms with Crippen molar-refractivity contribution in [2.45, 2.75) is 6.42 Å². The second kappa shape index (κ2) is 5.91. The molecule has 4 rings (SSSR count). The van der Waals surface area contributed by atoms with Gasteiger partial charge in [-0.3, -0.25) is 0 Å². The van der Waals surface area contributed by atoms with Crippen LogP contribution in [-0.2, 0) is 6.42 Å². The molecule has 0 aliphatic rings. The smallest absolute Gasteiger partial charge is 0.101 e. The molecule has 0 aliphatic heterocycles. The maximum absolute atomic E-state index is 4.75. The van der Waals surface area contributed by atoms with Gasteiger partial charge in [0, 0.05) is 15.4 Å². The van der Waals surface area contributed by atoms with E-state index in [1.165, 1.54) is 4.70 Å². The largest absolute Gasteiger partial charge is 0.241 e. The Labute approximate surface area is 144 Å². The second-order valence-electron chi connectivity index (χ2n) is 4.89. The fraction of sp³-hybridized carbons (Fsp3) is 0.0588. The zero-order valence-electron chi connectivity index (χ0n) is 11.5. The molecule has 0 spiro atoms. The average Bonchev–Trinajstić information content (AvgIpc) is 3.14. The molecule has 0 amide bonds. The van der Waals surface area contributed by atoms with Crippen LogP contribution in [0.3, 0.4) is 0 Å². The minimum Gasteiger partial charge on any atom is -0.241 e. The summed E-state index contributed by atoms with van der Waals surface area (Å²) in [4.78, 5) is 9.43. The molecule has 0 N–H and O–H groups in total. The Morgan fingerprint density at radius 1 is 0.909 bits per heavy atom. The number of hydrogen-bond acceptors (Lipinski definition) is 4. The Morgan fingerprint density at radius 3 is 2.55 bits per heavy atom. The van der Waals surface area contributed by atoms with Crippen molar-refractivity contribution >= 4 is 48.8 Å². The molecule has 2 aromatic heterocycles. The summed E-state index contributed by atoms with van der Waals surface area (Å²) in [5.74, 6) is 0. The SMILES string of the molecule is Brc1ccc(-c2csc(Cc3nc4ccccc4s3)n2)cc1. The van der Waals surface area contributed by atoms with Crippen molar-refractivity contribution in [3.8, 4) is 11.3 Å². The van der Waals surface area contributed by atoms with Crippen molar-refractivity contribution in [1.29, 1.82) is 0 Å². The van der Waals surface area contributed by atoms with Crippen LogP contribution in [0, 0.1) is 0 Å². The molecule has 2 nitrogen and oxygen atoms in total. The summed E-state index contributed by atoms with van der Waals surface area (Å²) in [6.45, 7) is 0. The van der Waals surface area contributed by atoms with Crippen LogP contribution in [0.5, 0.6) is 0 Å². The van der Waals surface area contributed by atoms with Crippen molar-refractivity contribution in [1.82, 2.24) is 9.97 Å². The summed E-state index contributed by atoms with van der Waals surface area (Å²) in [5.41, 5.74) is 3.26. The van der Waals surface area contributed by atoms with Gasteiger partial charge in [-0.05, 0) is 24.3 Å². The number of benzene rings is 2. The number of nitrogens with zero attached hydrogens (tertiary/aromatic N) is 2. The van der Waals surface area contributed by atoms with E-state index in [1.807, 2.05) is 18.2 Å². The first-order valence-corrected chi connectivity index (χ1v) is 9.32. The molecule has 0 unspecified atom stereocenters. The Hall–Kier alpha value is -1.56. The van der Waals surface area contributed by atoms with Crippen LogP contribution >= 0.6 is 38.6 Å². The van der Waals surface area contributed by atoms with Gasteiger partial charge in [0.1, 0.15) is 10.0 Å². The molecule has 22 heavy (non-hydrogen) atoms. The normalized spacial score (nSPS) is 11.1. The van der Waals surface area contributed by atoms with E-state index in [4.69, 9.17) is 4.98 Å². The number of thiazole rings is 2. The van der Waals surface area contributed by atoms with Crippen molar-refractivity contribution in [2.24, 2.45) is 0 Å². The van der Waals surface area contributed by atoms with Crippen LogP contribution in [-0.4, -0.2) is 9.97 Å². The first-order valence-electron chi connectivity index (χ1n) is 6.83. The predicted molar refractivity (Wildman–Crippen MR) is 97.7 cm³/mol. The van der Waals surface area contributed by atoms with Gasteiger partial charge in [0.15, 0.2) is 0 Å². The average molecular weight is 387 g/mol. The molecule has 0 atom stereocenters. The lowest BCUT2D eigenvalue weighted by Gasteiger charge is -1.96. The van der Waals surface area contributed by atoms with E-state index in [0.29, 0.717) is 0 Å². The van der Waals surface area contributed by atoms with E-state index >= 15 is 0 Å². The summed E-state index contributed by atoms with van der Waals surface area (Å²) in [6, 6.07) is 16.5. The molecular weight excluding hydrogens is 376 g/mol. The topological polar surface area (TPSA) is 25.8 Å². The number of aromatic nitrogens is 2. The third-order valence-corrected chi connectivity index (χ3v) is 5.75. The van der Waals surface area contributed by atoms with E-state index in [1.54, 1.807) is 22.7 Å². The highest BCUT2D eigenvalue weighted by molar-refractivity contribution is 9.10. The molecule has 0 fully saturated rings. The van der Waals surface area contributed by atoms with Gasteiger partial charge >= 0.3 is 0 Å². The maximum atomic E-state index is 4.75. The van der Waals surface area contributed by atoms with E-state index in [9.17, 15) is 0 Å². The lowest BCUT2D eigenvalue weighted by molar-refractivity contribution is 1.12. The van der Waals surface area contributed by atoms with Crippen LogP contribution < -0.4 is 0 Å². The highest BCUT2D eigenvalue weighted by atomic mass is 79.9. The number of rotatable bonds is 3. The Bertz CT molecular complexity index is 892. The molecule has 0 bridgehead atoms. The van der Waals surface area contributed by atoms with Crippen LogP contribution in [0.25, 0.3) is 21.5 Å². The quantitative estimate of drug-likeness (QED) is 0.446. The molecule has 0 aliphatic carbocycles. The molecule has 2 aromatic carbocycles. The second-order valence-corrected chi connectivity index (χ2v) is 7.86. The number of halogens is 1. The van der Waals surface area contributed by atoms with Crippen molar-refractivity contribution in [2.75, 3.05) is 0 Å². The number of fused-ring (bicyclic) bond motifs is 1. The predicted octanol–water partition coefficient (Wildman–Crippen LogP) is 5.77. The fourth-order valence-electron chi connectivity index (χ4n) is 2.27. The van der Waals surface area contributed by atoms with E-state index < -0.39 is 0 Å². The number of hydrogen-bond donors (Lipinski definition) is 0. The van der Waals surface area contributed by atoms with Crippen LogP contribution in [0.15, 0.2) is 58.4 Å². The van der Waals surface area contributed by atoms with Gasteiger partial charge in [-0.25, -0.2) is 9.97 Å².